The molecule has 0 fully saturated rings. The molecule has 77 valence electrons. The summed E-state index contributed by atoms with van der Waals surface area (Å²) in [5.41, 5.74) is 4.65. The average molecular weight is 225 g/mol. The second-order valence-corrected chi connectivity index (χ2v) is 4.53. The van der Waals surface area contributed by atoms with Crippen LogP contribution in [0.3, 0.4) is 0 Å². The van der Waals surface area contributed by atoms with Crippen LogP contribution in [-0.2, 0) is 10.0 Å². The largest absolute Gasteiger partial charge is 0.366 e. The van der Waals surface area contributed by atoms with E-state index in [0.29, 0.717) is 0 Å². The summed E-state index contributed by atoms with van der Waals surface area (Å²) < 4.78 is 24.6. The predicted molar refractivity (Wildman–Crippen MR) is 48.4 cm³/mol. The number of carbonyl (C=O) groups excluding carboxylic acids is 2. The number of carbonyl (C=O) groups is 2. The number of amides is 2. The van der Waals surface area contributed by atoms with E-state index in [9.17, 15) is 18.0 Å². The van der Waals surface area contributed by atoms with Crippen molar-refractivity contribution < 1.29 is 18.0 Å². The monoisotopic (exact) mass is 225 g/mol. The van der Waals surface area contributed by atoms with Crippen LogP contribution in [0, 0.1) is 6.07 Å². The molecule has 0 aromatic heterocycles. The molecule has 15 heavy (non-hydrogen) atoms. The van der Waals surface area contributed by atoms with Gasteiger partial charge in [-0.15, -0.1) is 0 Å². The molecule has 0 unspecified atom stereocenters. The van der Waals surface area contributed by atoms with Crippen LogP contribution >= 0.6 is 0 Å². The molecule has 0 spiro atoms. The predicted octanol–water partition coefficient (Wildman–Crippen LogP) is -0.982. The van der Waals surface area contributed by atoms with Crippen LogP contribution in [0.5, 0.6) is 0 Å². The van der Waals surface area contributed by atoms with Crippen LogP contribution < -0.4 is 10.5 Å². The number of nitrogens with two attached hydrogens (primary N) is 1. The van der Waals surface area contributed by atoms with E-state index in [2.05, 4.69) is 6.07 Å². The molecule has 2 amide bonds. The van der Waals surface area contributed by atoms with E-state index in [4.69, 9.17) is 5.73 Å². The zero-order valence-corrected chi connectivity index (χ0v) is 8.09. The van der Waals surface area contributed by atoms with Gasteiger partial charge in [0, 0.05) is 0 Å². The zero-order chi connectivity index (χ0) is 11.2. The standard InChI is InChI=1S/C8H5N2O4S/c9-7(11)4-2-1-3-5-6(4)15(13,14)10-8(5)12/h2-3H,(H2,9,11)(H,10,12). The number of hydrogen-bond donors (Lipinski definition) is 2. The topological polar surface area (TPSA) is 106 Å². The van der Waals surface area contributed by atoms with E-state index in [1.807, 2.05) is 0 Å². The summed E-state index contributed by atoms with van der Waals surface area (Å²) in [6, 6.07) is 4.82. The highest BCUT2D eigenvalue weighted by molar-refractivity contribution is 7.90. The second-order valence-electron chi connectivity index (χ2n) is 2.91. The Bertz CT molecular complexity index is 576. The van der Waals surface area contributed by atoms with Gasteiger partial charge in [0.25, 0.3) is 15.9 Å². The van der Waals surface area contributed by atoms with E-state index in [1.165, 1.54) is 6.07 Å². The number of nitrogens with one attached hydrogen (secondary N) is 1. The van der Waals surface area contributed by atoms with Crippen molar-refractivity contribution in [3.63, 3.8) is 0 Å². The van der Waals surface area contributed by atoms with Gasteiger partial charge in [-0.3, -0.25) is 9.59 Å². The van der Waals surface area contributed by atoms with Gasteiger partial charge in [0.2, 0.25) is 5.91 Å². The summed E-state index contributed by atoms with van der Waals surface area (Å²) in [5.74, 6) is -1.69. The number of fused-ring (bicyclic) bond motifs is 1. The molecule has 1 aliphatic heterocycles. The van der Waals surface area contributed by atoms with Crippen molar-refractivity contribution >= 4 is 21.8 Å². The van der Waals surface area contributed by atoms with Gasteiger partial charge in [-0.1, -0.05) is 0 Å². The molecule has 1 aromatic rings. The quantitative estimate of drug-likeness (QED) is 0.640. The molecule has 1 aliphatic rings. The molecule has 1 radical (unpaired) electrons. The molecule has 1 aromatic carbocycles. The Morgan fingerprint density at radius 2 is 2.07 bits per heavy atom. The van der Waals surface area contributed by atoms with E-state index in [1.54, 1.807) is 4.72 Å². The lowest BCUT2D eigenvalue weighted by Crippen LogP contribution is -2.22. The minimum atomic E-state index is -3.95. The van der Waals surface area contributed by atoms with Crippen LogP contribution in [0.15, 0.2) is 17.0 Å². The lowest BCUT2D eigenvalue weighted by Gasteiger charge is -2.00. The van der Waals surface area contributed by atoms with E-state index in [0.717, 1.165) is 6.07 Å². The first-order chi connectivity index (χ1) is 6.93. The molecule has 0 saturated heterocycles. The van der Waals surface area contributed by atoms with Gasteiger partial charge in [-0.05, 0) is 18.2 Å². The Morgan fingerprint density at radius 1 is 1.40 bits per heavy atom. The maximum atomic E-state index is 11.4. The van der Waals surface area contributed by atoms with Crippen molar-refractivity contribution in [1.82, 2.24) is 4.72 Å². The number of hydrogen-bond acceptors (Lipinski definition) is 4. The smallest absolute Gasteiger partial charge is 0.266 e. The summed E-state index contributed by atoms with van der Waals surface area (Å²) in [6.45, 7) is 0. The number of primary amides is 1. The van der Waals surface area contributed by atoms with Crippen LogP contribution in [-0.4, -0.2) is 20.2 Å². The molecule has 6 nitrogen and oxygen atoms in total. The van der Waals surface area contributed by atoms with Gasteiger partial charge in [-0.2, -0.15) is 0 Å². The Hall–Kier alpha value is -1.89. The first kappa shape index (κ1) is 9.66. The van der Waals surface area contributed by atoms with Crippen molar-refractivity contribution in [1.29, 1.82) is 0 Å². The minimum absolute atomic E-state index is 0.105. The van der Waals surface area contributed by atoms with Gasteiger partial charge < -0.3 is 5.73 Å². The lowest BCUT2D eigenvalue weighted by molar-refractivity contribution is 0.0985. The van der Waals surface area contributed by atoms with Crippen LogP contribution in [0.25, 0.3) is 0 Å². The Labute approximate surface area is 85.1 Å². The molecule has 3 N–H and O–H groups in total. The van der Waals surface area contributed by atoms with Crippen molar-refractivity contribution in [3.8, 4) is 0 Å². The fraction of sp³-hybridized carbons (Fsp3) is 0. The van der Waals surface area contributed by atoms with Gasteiger partial charge >= 0.3 is 0 Å². The summed E-state index contributed by atoms with van der Waals surface area (Å²) in [4.78, 5) is 21.8. The van der Waals surface area contributed by atoms with E-state index >= 15 is 0 Å². The maximum absolute atomic E-state index is 11.4. The number of benzene rings is 1. The van der Waals surface area contributed by atoms with E-state index in [-0.39, 0.29) is 16.0 Å². The fourth-order valence-corrected chi connectivity index (χ4v) is 2.70. The Kier molecular flexibility index (Phi) is 1.80. The molecular weight excluding hydrogens is 220 g/mol. The second kappa shape index (κ2) is 2.80. The van der Waals surface area contributed by atoms with Crippen LogP contribution in [0.2, 0.25) is 0 Å². The maximum Gasteiger partial charge on any atom is 0.266 e. The van der Waals surface area contributed by atoms with Gasteiger partial charge in [0.1, 0.15) is 4.90 Å². The average Bonchev–Trinajstić information content (AvgIpc) is 2.37. The molecule has 0 bridgehead atoms. The molecule has 1 heterocycles. The minimum Gasteiger partial charge on any atom is -0.366 e. The zero-order valence-electron chi connectivity index (χ0n) is 7.27. The SMILES string of the molecule is NC(=O)c1c[c]cc2c1S(=O)(=O)NC2=O. The summed E-state index contributed by atoms with van der Waals surface area (Å²) in [5, 5.41) is 0. The Balaban J connectivity index is 2.87. The number of sulfonamides is 1. The van der Waals surface area contributed by atoms with Gasteiger partial charge in [0.15, 0.2) is 0 Å². The highest BCUT2D eigenvalue weighted by atomic mass is 32.2. The number of rotatable bonds is 1. The van der Waals surface area contributed by atoms with Crippen molar-refractivity contribution in [2.75, 3.05) is 0 Å². The fourth-order valence-electron chi connectivity index (χ4n) is 1.35. The van der Waals surface area contributed by atoms with Crippen LogP contribution in [0.1, 0.15) is 20.7 Å². The summed E-state index contributed by atoms with van der Waals surface area (Å²) >= 11 is 0. The molecule has 0 atom stereocenters. The molecular formula is C8H5N2O4S. The van der Waals surface area contributed by atoms with Gasteiger partial charge in [-0.25, -0.2) is 13.1 Å². The highest BCUT2D eigenvalue weighted by Crippen LogP contribution is 2.25. The third-order valence-electron chi connectivity index (χ3n) is 1.95. The molecule has 0 aliphatic carbocycles. The Morgan fingerprint density at radius 3 is 2.67 bits per heavy atom. The van der Waals surface area contributed by atoms with E-state index < -0.39 is 21.8 Å². The highest BCUT2D eigenvalue weighted by Gasteiger charge is 2.36. The normalized spacial score (nSPS) is 16.9. The first-order valence-electron chi connectivity index (χ1n) is 3.84. The third-order valence-corrected chi connectivity index (χ3v) is 3.38. The van der Waals surface area contributed by atoms with Crippen molar-refractivity contribution in [3.05, 3.63) is 29.3 Å². The van der Waals surface area contributed by atoms with Gasteiger partial charge in [0.05, 0.1) is 11.1 Å². The molecule has 7 heteroatoms. The molecule has 2 rings (SSSR count). The molecule has 0 saturated carbocycles. The third kappa shape index (κ3) is 1.28. The van der Waals surface area contributed by atoms with Crippen LogP contribution in [0.4, 0.5) is 0 Å². The summed E-state index contributed by atoms with van der Waals surface area (Å²) in [6.07, 6.45) is 0. The van der Waals surface area contributed by atoms with Crippen molar-refractivity contribution in [2.24, 2.45) is 5.73 Å². The first-order valence-corrected chi connectivity index (χ1v) is 5.33. The lowest BCUT2D eigenvalue weighted by atomic mass is 10.1. The summed E-state index contributed by atoms with van der Waals surface area (Å²) in [7, 11) is -3.95. The van der Waals surface area contributed by atoms with Crippen molar-refractivity contribution in [2.45, 2.75) is 4.90 Å².